The van der Waals surface area contributed by atoms with Crippen molar-refractivity contribution in [2.24, 2.45) is 0 Å². The highest BCUT2D eigenvalue weighted by Crippen LogP contribution is 2.22. The Hall–Kier alpha value is -3.09. The van der Waals surface area contributed by atoms with E-state index in [1.807, 2.05) is 26.0 Å². The first kappa shape index (κ1) is 21.2. The molecule has 1 aromatic carbocycles. The largest absolute Gasteiger partial charge is 0.482 e. The van der Waals surface area contributed by atoms with E-state index < -0.39 is 23.8 Å². The van der Waals surface area contributed by atoms with Crippen LogP contribution in [0.5, 0.6) is 5.75 Å². The molecule has 0 bridgehead atoms. The van der Waals surface area contributed by atoms with Gasteiger partial charge < -0.3 is 19.2 Å². The van der Waals surface area contributed by atoms with Crippen molar-refractivity contribution in [1.29, 1.82) is 0 Å². The summed E-state index contributed by atoms with van der Waals surface area (Å²) >= 11 is 0. The van der Waals surface area contributed by atoms with E-state index in [9.17, 15) is 14.4 Å². The average Bonchev–Trinajstić information content (AvgIpc) is 2.95. The van der Waals surface area contributed by atoms with Crippen LogP contribution < -0.4 is 4.74 Å². The number of carbonyl (C=O) groups excluding carboxylic acids is 3. The van der Waals surface area contributed by atoms with E-state index >= 15 is 0 Å². The van der Waals surface area contributed by atoms with Crippen LogP contribution in [0.1, 0.15) is 50.2 Å². The first-order valence-corrected chi connectivity index (χ1v) is 8.87. The number of ether oxygens (including phenoxy) is 3. The van der Waals surface area contributed by atoms with Gasteiger partial charge >= 0.3 is 11.9 Å². The zero-order valence-electron chi connectivity index (χ0n) is 17.0. The van der Waals surface area contributed by atoms with Crippen LogP contribution in [0.15, 0.2) is 18.2 Å². The summed E-state index contributed by atoms with van der Waals surface area (Å²) < 4.78 is 15.4. The fraction of sp³-hybridized carbons (Fsp3) is 0.381. The first-order valence-electron chi connectivity index (χ1n) is 8.87. The second-order valence-corrected chi connectivity index (χ2v) is 6.60. The number of methoxy groups -OCH3 is 1. The normalized spacial score (nSPS) is 11.6. The van der Waals surface area contributed by atoms with Gasteiger partial charge in [-0.1, -0.05) is 12.1 Å². The second-order valence-electron chi connectivity index (χ2n) is 6.60. The lowest BCUT2D eigenvalue weighted by Crippen LogP contribution is -2.28. The summed E-state index contributed by atoms with van der Waals surface area (Å²) in [5.74, 6) is -1.03. The Bertz CT molecular complexity index is 912. The lowest BCUT2D eigenvalue weighted by molar-refractivity contribution is -0.148. The van der Waals surface area contributed by atoms with Crippen molar-refractivity contribution in [3.8, 4) is 5.75 Å². The van der Waals surface area contributed by atoms with Gasteiger partial charge in [0.05, 0.1) is 18.4 Å². The maximum atomic E-state index is 12.6. The molecule has 2 rings (SSSR count). The molecule has 7 heteroatoms. The van der Waals surface area contributed by atoms with Crippen LogP contribution in [0.2, 0.25) is 0 Å². The number of esters is 2. The average molecular weight is 387 g/mol. The number of hydrogen-bond donors (Lipinski definition) is 1. The maximum Gasteiger partial charge on any atom is 0.344 e. The molecule has 0 unspecified atom stereocenters. The van der Waals surface area contributed by atoms with Crippen LogP contribution in [0.4, 0.5) is 0 Å². The van der Waals surface area contributed by atoms with Gasteiger partial charge in [0, 0.05) is 5.69 Å². The van der Waals surface area contributed by atoms with Gasteiger partial charge in [0.25, 0.3) is 0 Å². The number of nitrogens with one attached hydrogen (secondary N) is 1. The Morgan fingerprint density at radius 1 is 1.07 bits per heavy atom. The summed E-state index contributed by atoms with van der Waals surface area (Å²) in [6, 6.07) is 5.55. The Morgan fingerprint density at radius 3 is 2.39 bits per heavy atom. The van der Waals surface area contributed by atoms with E-state index in [-0.39, 0.29) is 12.3 Å². The Morgan fingerprint density at radius 2 is 1.75 bits per heavy atom. The molecule has 1 aromatic heterocycles. The van der Waals surface area contributed by atoms with Crippen LogP contribution in [-0.4, -0.2) is 42.5 Å². The molecule has 1 N–H and O–H groups in total. The minimum absolute atomic E-state index is 0.216. The zero-order chi connectivity index (χ0) is 21.0. The SMILES string of the molecule is COC(=O)c1c(C)[nH]c(C(=O)[C@@H](C)OC(=O)COc2cccc(C)c2C)c1C. The summed E-state index contributed by atoms with van der Waals surface area (Å²) in [6.07, 6.45) is -1.03. The highest BCUT2D eigenvalue weighted by molar-refractivity contribution is 6.03. The van der Waals surface area contributed by atoms with Crippen LogP contribution in [0, 0.1) is 27.7 Å². The van der Waals surface area contributed by atoms with E-state index in [4.69, 9.17) is 14.2 Å². The lowest BCUT2D eigenvalue weighted by Gasteiger charge is -2.14. The van der Waals surface area contributed by atoms with Gasteiger partial charge in [0.1, 0.15) is 5.75 Å². The first-order chi connectivity index (χ1) is 13.2. The van der Waals surface area contributed by atoms with Crippen LogP contribution >= 0.6 is 0 Å². The Kier molecular flexibility index (Phi) is 6.62. The number of hydrogen-bond acceptors (Lipinski definition) is 6. The molecular weight excluding hydrogens is 362 g/mol. The molecular formula is C21H25NO6. The van der Waals surface area contributed by atoms with Crippen LogP contribution in [0.25, 0.3) is 0 Å². The fourth-order valence-electron chi connectivity index (χ4n) is 2.91. The van der Waals surface area contributed by atoms with Crippen molar-refractivity contribution in [3.05, 3.63) is 51.8 Å². The summed E-state index contributed by atoms with van der Waals surface area (Å²) in [5.41, 5.74) is 3.49. The smallest absolute Gasteiger partial charge is 0.344 e. The van der Waals surface area contributed by atoms with E-state index in [1.165, 1.54) is 14.0 Å². The highest BCUT2D eigenvalue weighted by Gasteiger charge is 2.27. The molecule has 0 fully saturated rings. The number of H-pyrrole nitrogens is 1. The number of aromatic amines is 1. The highest BCUT2D eigenvalue weighted by atomic mass is 16.6. The summed E-state index contributed by atoms with van der Waals surface area (Å²) in [4.78, 5) is 39.5. The fourth-order valence-corrected chi connectivity index (χ4v) is 2.91. The third-order valence-corrected chi connectivity index (χ3v) is 4.65. The lowest BCUT2D eigenvalue weighted by atomic mass is 10.1. The van der Waals surface area contributed by atoms with Gasteiger partial charge in [-0.05, 0) is 57.4 Å². The van der Waals surface area contributed by atoms with Crippen LogP contribution in [-0.2, 0) is 14.3 Å². The zero-order valence-corrected chi connectivity index (χ0v) is 17.0. The van der Waals surface area contributed by atoms with Gasteiger partial charge in [-0.15, -0.1) is 0 Å². The number of rotatable bonds is 7. The second kappa shape index (κ2) is 8.73. The maximum absolute atomic E-state index is 12.6. The van der Waals surface area contributed by atoms with Gasteiger partial charge in [-0.3, -0.25) is 4.79 Å². The van der Waals surface area contributed by atoms with Gasteiger partial charge in [0.2, 0.25) is 5.78 Å². The van der Waals surface area contributed by atoms with Crippen LogP contribution in [0.3, 0.4) is 0 Å². The molecule has 0 aliphatic heterocycles. The number of aromatic nitrogens is 1. The number of aryl methyl sites for hydroxylation is 2. The van der Waals surface area contributed by atoms with Gasteiger partial charge in [-0.25, -0.2) is 9.59 Å². The molecule has 0 aliphatic carbocycles. The van der Waals surface area contributed by atoms with Gasteiger partial charge in [-0.2, -0.15) is 0 Å². The number of Topliss-reactive ketones (excluding diaryl/α,β-unsaturated/α-hetero) is 1. The van der Waals surface area contributed by atoms with E-state index in [0.29, 0.717) is 22.6 Å². The monoisotopic (exact) mass is 387 g/mol. The Labute approximate surface area is 164 Å². The number of benzene rings is 1. The molecule has 0 radical (unpaired) electrons. The number of ketones is 1. The topological polar surface area (TPSA) is 94.7 Å². The molecule has 0 aliphatic rings. The molecule has 150 valence electrons. The summed E-state index contributed by atoms with van der Waals surface area (Å²) in [6.45, 7) is 8.33. The standard InChI is InChI=1S/C21H25NO6/c1-11-8-7-9-16(12(11)2)27-10-17(23)28-15(5)20(24)19-13(3)18(14(4)22-19)21(25)26-6/h7-9,15,22H,10H2,1-6H3/t15-/m1/s1. The number of carbonyl (C=O) groups is 3. The van der Waals surface area contributed by atoms with Crippen molar-refractivity contribution in [2.45, 2.75) is 40.7 Å². The third-order valence-electron chi connectivity index (χ3n) is 4.65. The van der Waals surface area contributed by atoms with E-state index in [1.54, 1.807) is 19.9 Å². The predicted octanol–water partition coefficient (Wildman–Crippen LogP) is 3.23. The van der Waals surface area contributed by atoms with E-state index in [2.05, 4.69) is 4.98 Å². The third kappa shape index (κ3) is 4.42. The van der Waals surface area contributed by atoms with E-state index in [0.717, 1.165) is 11.1 Å². The molecule has 2 aromatic rings. The molecule has 0 saturated carbocycles. The molecule has 28 heavy (non-hydrogen) atoms. The Balaban J connectivity index is 2.03. The molecule has 7 nitrogen and oxygen atoms in total. The molecule has 1 heterocycles. The summed E-state index contributed by atoms with van der Waals surface area (Å²) in [7, 11) is 1.27. The van der Waals surface area contributed by atoms with Gasteiger partial charge in [0.15, 0.2) is 12.7 Å². The molecule has 1 atom stereocenters. The molecule has 0 amide bonds. The molecule has 0 saturated heterocycles. The minimum atomic E-state index is -1.03. The minimum Gasteiger partial charge on any atom is -0.482 e. The summed E-state index contributed by atoms with van der Waals surface area (Å²) in [5, 5.41) is 0. The van der Waals surface area contributed by atoms with Crippen molar-refractivity contribution in [3.63, 3.8) is 0 Å². The van der Waals surface area contributed by atoms with Crippen molar-refractivity contribution < 1.29 is 28.6 Å². The predicted molar refractivity (Wildman–Crippen MR) is 103 cm³/mol. The molecule has 0 spiro atoms. The van der Waals surface area contributed by atoms with Crippen molar-refractivity contribution >= 4 is 17.7 Å². The van der Waals surface area contributed by atoms with Crippen molar-refractivity contribution in [2.75, 3.05) is 13.7 Å². The quantitative estimate of drug-likeness (QED) is 0.579. The van der Waals surface area contributed by atoms with Crippen molar-refractivity contribution in [1.82, 2.24) is 4.98 Å².